The third-order valence-electron chi connectivity index (χ3n) is 2.44. The molecule has 1 aliphatic rings. The predicted molar refractivity (Wildman–Crippen MR) is 55.1 cm³/mol. The molecule has 0 bridgehead atoms. The molecule has 0 N–H and O–H groups in total. The maximum Gasteiger partial charge on any atom is 0.240 e. The second kappa shape index (κ2) is 4.06. The Bertz CT molecular complexity index is 325. The van der Waals surface area contributed by atoms with Gasteiger partial charge in [-0.05, 0) is 13.3 Å². The summed E-state index contributed by atoms with van der Waals surface area (Å²) < 4.78 is 22.3. The molecule has 0 aromatic heterocycles. The van der Waals surface area contributed by atoms with E-state index in [9.17, 15) is 13.2 Å². The molecule has 6 heteroatoms. The fourth-order valence-electron chi connectivity index (χ4n) is 1.54. The fraction of sp³-hybridized carbons (Fsp3) is 0.875. The summed E-state index contributed by atoms with van der Waals surface area (Å²) in [5, 5.41) is -0.594. The first kappa shape index (κ1) is 11.8. The number of halogens is 1. The summed E-state index contributed by atoms with van der Waals surface area (Å²) >= 11 is 5.63. The lowest BCUT2D eigenvalue weighted by Gasteiger charge is -2.24. The lowest BCUT2D eigenvalue weighted by molar-refractivity contribution is -0.130. The monoisotopic (exact) mass is 239 g/mol. The van der Waals surface area contributed by atoms with E-state index in [0.29, 0.717) is 6.42 Å². The fourth-order valence-corrected chi connectivity index (χ4v) is 3.47. The molecule has 0 aromatic carbocycles. The van der Waals surface area contributed by atoms with Gasteiger partial charge in [0.25, 0.3) is 0 Å². The number of carbonyl (C=O) groups is 1. The summed E-state index contributed by atoms with van der Waals surface area (Å²) in [7, 11) is -1.33. The molecular formula is C8H14ClNO3S. The highest BCUT2D eigenvalue weighted by molar-refractivity contribution is 7.91. The van der Waals surface area contributed by atoms with E-state index < -0.39 is 15.2 Å². The number of hydrogen-bond donors (Lipinski definition) is 0. The summed E-state index contributed by atoms with van der Waals surface area (Å²) in [6.07, 6.45) is 0.522. The van der Waals surface area contributed by atoms with Gasteiger partial charge < -0.3 is 4.90 Å². The van der Waals surface area contributed by atoms with Gasteiger partial charge in [0.1, 0.15) is 5.38 Å². The third-order valence-corrected chi connectivity index (χ3v) is 4.38. The van der Waals surface area contributed by atoms with Crippen LogP contribution in [0.15, 0.2) is 0 Å². The van der Waals surface area contributed by atoms with Crippen LogP contribution in [0.3, 0.4) is 0 Å². The van der Waals surface area contributed by atoms with Crippen molar-refractivity contribution in [1.29, 1.82) is 0 Å². The Labute approximate surface area is 89.1 Å². The minimum atomic E-state index is -2.94. The standard InChI is InChI=1S/C8H14ClNO3S/c1-6(9)8(11)10(2)7-3-4-14(12,13)5-7/h6-7H,3-5H2,1-2H3. The zero-order chi connectivity index (χ0) is 10.9. The van der Waals surface area contributed by atoms with Crippen molar-refractivity contribution in [3.63, 3.8) is 0 Å². The van der Waals surface area contributed by atoms with Crippen LogP contribution < -0.4 is 0 Å². The maximum absolute atomic E-state index is 11.4. The van der Waals surface area contributed by atoms with Gasteiger partial charge >= 0.3 is 0 Å². The topological polar surface area (TPSA) is 54.5 Å². The zero-order valence-electron chi connectivity index (χ0n) is 8.23. The Balaban J connectivity index is 2.64. The Morgan fingerprint density at radius 2 is 2.14 bits per heavy atom. The smallest absolute Gasteiger partial charge is 0.240 e. The van der Waals surface area contributed by atoms with Crippen molar-refractivity contribution < 1.29 is 13.2 Å². The van der Waals surface area contributed by atoms with Crippen LogP contribution in [-0.2, 0) is 14.6 Å². The highest BCUT2D eigenvalue weighted by Crippen LogP contribution is 2.17. The van der Waals surface area contributed by atoms with E-state index in [-0.39, 0.29) is 23.5 Å². The lowest BCUT2D eigenvalue weighted by Crippen LogP contribution is -2.41. The molecule has 14 heavy (non-hydrogen) atoms. The van der Waals surface area contributed by atoms with Gasteiger partial charge in [-0.1, -0.05) is 0 Å². The van der Waals surface area contributed by atoms with Crippen molar-refractivity contribution in [2.75, 3.05) is 18.6 Å². The van der Waals surface area contributed by atoms with E-state index in [0.717, 1.165) is 0 Å². The number of sulfone groups is 1. The molecule has 0 aromatic rings. The Kier molecular flexibility index (Phi) is 3.42. The third kappa shape index (κ3) is 2.60. The van der Waals surface area contributed by atoms with Crippen LogP contribution in [-0.4, -0.2) is 49.2 Å². The van der Waals surface area contributed by atoms with Crippen LogP contribution in [0.1, 0.15) is 13.3 Å². The van der Waals surface area contributed by atoms with Crippen molar-refractivity contribution in [3.05, 3.63) is 0 Å². The van der Waals surface area contributed by atoms with Gasteiger partial charge in [-0.25, -0.2) is 8.42 Å². The molecule has 1 aliphatic heterocycles. The van der Waals surface area contributed by atoms with Gasteiger partial charge in [0.15, 0.2) is 9.84 Å². The van der Waals surface area contributed by atoms with Gasteiger partial charge in [-0.3, -0.25) is 4.79 Å². The quantitative estimate of drug-likeness (QED) is 0.650. The highest BCUT2D eigenvalue weighted by atomic mass is 35.5. The van der Waals surface area contributed by atoms with Crippen molar-refractivity contribution in [1.82, 2.24) is 4.90 Å². The summed E-state index contributed by atoms with van der Waals surface area (Å²) in [6, 6.07) is -0.200. The van der Waals surface area contributed by atoms with Gasteiger partial charge in [0, 0.05) is 13.1 Å². The number of hydrogen-bond acceptors (Lipinski definition) is 3. The van der Waals surface area contributed by atoms with Crippen LogP contribution in [0.25, 0.3) is 0 Å². The number of alkyl halides is 1. The van der Waals surface area contributed by atoms with Gasteiger partial charge in [0.05, 0.1) is 11.5 Å². The molecule has 1 saturated heterocycles. The minimum Gasteiger partial charge on any atom is -0.340 e. The first-order valence-electron chi connectivity index (χ1n) is 4.44. The zero-order valence-corrected chi connectivity index (χ0v) is 9.81. The van der Waals surface area contributed by atoms with Crippen molar-refractivity contribution >= 4 is 27.3 Å². The summed E-state index contributed by atoms with van der Waals surface area (Å²) in [5.41, 5.74) is 0. The SMILES string of the molecule is CC(Cl)C(=O)N(C)C1CCS(=O)(=O)C1. The average Bonchev–Trinajstić information content (AvgIpc) is 2.43. The molecule has 0 aliphatic carbocycles. The largest absolute Gasteiger partial charge is 0.340 e. The van der Waals surface area contributed by atoms with E-state index in [1.807, 2.05) is 0 Å². The molecule has 1 heterocycles. The number of amides is 1. The number of rotatable bonds is 2. The molecule has 82 valence electrons. The molecule has 1 amide bonds. The normalized spacial score (nSPS) is 27.2. The Morgan fingerprint density at radius 3 is 2.50 bits per heavy atom. The molecule has 0 radical (unpaired) electrons. The second-order valence-corrected chi connectivity index (χ2v) is 6.51. The molecule has 4 nitrogen and oxygen atoms in total. The Morgan fingerprint density at radius 1 is 1.57 bits per heavy atom. The van der Waals surface area contributed by atoms with E-state index in [1.165, 1.54) is 4.90 Å². The number of carbonyl (C=O) groups excluding carboxylic acids is 1. The molecule has 2 atom stereocenters. The number of nitrogens with zero attached hydrogens (tertiary/aromatic N) is 1. The average molecular weight is 240 g/mol. The van der Waals surface area contributed by atoms with E-state index in [2.05, 4.69) is 0 Å². The Hall–Kier alpha value is -0.290. The van der Waals surface area contributed by atoms with Gasteiger partial charge in [-0.2, -0.15) is 0 Å². The molecule has 0 spiro atoms. The summed E-state index contributed by atoms with van der Waals surface area (Å²) in [6.45, 7) is 1.59. The molecule has 1 fully saturated rings. The predicted octanol–water partition coefficient (Wildman–Crippen LogP) is 0.259. The van der Waals surface area contributed by atoms with Crippen LogP contribution in [0.2, 0.25) is 0 Å². The molecule has 1 rings (SSSR count). The molecule has 2 unspecified atom stereocenters. The first-order chi connectivity index (χ1) is 6.33. The van der Waals surface area contributed by atoms with Crippen molar-refractivity contribution in [3.8, 4) is 0 Å². The maximum atomic E-state index is 11.4. The van der Waals surface area contributed by atoms with Crippen LogP contribution in [0.5, 0.6) is 0 Å². The van der Waals surface area contributed by atoms with Gasteiger partial charge in [0.2, 0.25) is 5.91 Å². The van der Waals surface area contributed by atoms with Crippen LogP contribution in [0.4, 0.5) is 0 Å². The second-order valence-electron chi connectivity index (χ2n) is 3.62. The van der Waals surface area contributed by atoms with Crippen molar-refractivity contribution in [2.45, 2.75) is 24.8 Å². The summed E-state index contributed by atoms with van der Waals surface area (Å²) in [5.74, 6) is 0.0268. The van der Waals surface area contributed by atoms with Crippen LogP contribution in [0, 0.1) is 0 Å². The van der Waals surface area contributed by atoms with Crippen LogP contribution >= 0.6 is 11.6 Å². The first-order valence-corrected chi connectivity index (χ1v) is 6.70. The molecular weight excluding hydrogens is 226 g/mol. The van der Waals surface area contributed by atoms with E-state index in [4.69, 9.17) is 11.6 Å². The minimum absolute atomic E-state index is 0.0683. The summed E-state index contributed by atoms with van der Waals surface area (Å²) in [4.78, 5) is 12.9. The lowest BCUT2D eigenvalue weighted by atomic mass is 10.2. The van der Waals surface area contributed by atoms with E-state index in [1.54, 1.807) is 14.0 Å². The van der Waals surface area contributed by atoms with E-state index >= 15 is 0 Å². The molecule has 0 saturated carbocycles. The highest BCUT2D eigenvalue weighted by Gasteiger charge is 2.33. The van der Waals surface area contributed by atoms with Crippen molar-refractivity contribution in [2.24, 2.45) is 0 Å². The van der Waals surface area contributed by atoms with Gasteiger partial charge in [-0.15, -0.1) is 11.6 Å².